The predicted molar refractivity (Wildman–Crippen MR) is 140 cm³/mol. The van der Waals surface area contributed by atoms with E-state index in [-0.39, 0.29) is 0 Å². The molecule has 0 aromatic carbocycles. The van der Waals surface area contributed by atoms with Gasteiger partial charge >= 0.3 is 0 Å². The maximum atomic E-state index is 11.9. The molecule has 0 aromatic heterocycles. The molecule has 0 spiro atoms. The van der Waals surface area contributed by atoms with Crippen LogP contribution in [-0.4, -0.2) is 182 Å². The third-order valence-corrected chi connectivity index (χ3v) is 7.50. The van der Waals surface area contributed by atoms with Crippen LogP contribution in [0.3, 0.4) is 0 Å². The number of carbonyl (C=O) groups excluding carboxylic acids is 2. The van der Waals surface area contributed by atoms with Gasteiger partial charge in [-0.05, 0) is 6.92 Å². The van der Waals surface area contributed by atoms with E-state index < -0.39 is 136 Å². The molecule has 11 N–H and O–H groups in total. The number of rotatable bonds is 12. The number of ether oxygens (including phenoxy) is 6. The van der Waals surface area contributed by atoms with E-state index in [0.717, 1.165) is 13.8 Å². The number of carbonyl (C=O) groups is 2. The van der Waals surface area contributed by atoms with E-state index >= 15 is 0 Å². The molecule has 1 unspecified atom stereocenters. The molecule has 3 saturated heterocycles. The molecule has 3 rings (SSSR count). The fourth-order valence-electron chi connectivity index (χ4n) is 5.19. The lowest BCUT2D eigenvalue weighted by Crippen LogP contribution is -2.69. The van der Waals surface area contributed by atoms with Gasteiger partial charge in [-0.15, -0.1) is 0 Å². The first-order valence-electron chi connectivity index (χ1n) is 14.1. The average Bonchev–Trinajstić information content (AvgIpc) is 2.98. The van der Waals surface area contributed by atoms with Crippen LogP contribution >= 0.6 is 0 Å². The second kappa shape index (κ2) is 16.3. The van der Waals surface area contributed by atoms with Crippen molar-refractivity contribution in [3.05, 3.63) is 0 Å². The van der Waals surface area contributed by atoms with E-state index in [2.05, 4.69) is 10.6 Å². The van der Waals surface area contributed by atoms with Gasteiger partial charge in [-0.2, -0.15) is 0 Å². The topological polar surface area (TPSA) is 296 Å². The third kappa shape index (κ3) is 8.57. The Morgan fingerprint density at radius 1 is 0.705 bits per heavy atom. The fourth-order valence-corrected chi connectivity index (χ4v) is 5.19. The highest BCUT2D eigenvalue weighted by Gasteiger charge is 2.53. The van der Waals surface area contributed by atoms with Crippen molar-refractivity contribution in [2.24, 2.45) is 0 Å². The Balaban J connectivity index is 1.82. The molecule has 19 heteroatoms. The smallest absolute Gasteiger partial charge is 0.217 e. The summed E-state index contributed by atoms with van der Waals surface area (Å²) < 4.78 is 33.9. The van der Waals surface area contributed by atoms with Gasteiger partial charge in [-0.25, -0.2) is 0 Å². The Hall–Kier alpha value is -1.66. The van der Waals surface area contributed by atoms with Gasteiger partial charge in [-0.1, -0.05) is 0 Å². The molecule has 3 aliphatic heterocycles. The van der Waals surface area contributed by atoms with E-state index in [1.807, 2.05) is 0 Å². The molecule has 0 bridgehead atoms. The summed E-state index contributed by atoms with van der Waals surface area (Å²) >= 11 is 0. The van der Waals surface area contributed by atoms with Crippen LogP contribution in [0.4, 0.5) is 0 Å². The Morgan fingerprint density at radius 3 is 1.80 bits per heavy atom. The Kier molecular flexibility index (Phi) is 13.6. The number of hydrogen-bond acceptors (Lipinski definition) is 17. The highest BCUT2D eigenvalue weighted by Crippen LogP contribution is 2.32. The zero-order chi connectivity index (χ0) is 32.9. The number of aliphatic hydroxyl groups excluding tert-OH is 9. The monoisotopic (exact) mass is 644 g/mol. The molecule has 3 aliphatic rings. The molecule has 0 saturated carbocycles. The SMILES string of the molecule is CC(=O)N[C@@H]1[C@@H](O[C@@H]2[C@@H](O)[C@H](C)O[C@H](O[C@H]3[C@H](O)[C@@H](NC(C)=O)[C@@H](OCC(O)CO)O[C@@H]3CO)[C@@H]2O)O[C@H](CO)[C@@H](O)[C@@H]1O. The lowest BCUT2D eigenvalue weighted by molar-refractivity contribution is -0.366. The summed E-state index contributed by atoms with van der Waals surface area (Å²) in [4.78, 5) is 23.7. The first-order valence-corrected chi connectivity index (χ1v) is 14.1. The minimum atomic E-state index is -1.85. The number of aliphatic hydroxyl groups is 9. The average molecular weight is 645 g/mol. The van der Waals surface area contributed by atoms with E-state index in [1.54, 1.807) is 0 Å². The van der Waals surface area contributed by atoms with Gasteiger partial charge in [-0.3, -0.25) is 9.59 Å². The van der Waals surface area contributed by atoms with Crippen LogP contribution in [0.15, 0.2) is 0 Å². The van der Waals surface area contributed by atoms with Gasteiger partial charge in [0.1, 0.15) is 73.1 Å². The fraction of sp³-hybridized carbons (Fsp3) is 0.920. The van der Waals surface area contributed by atoms with Crippen LogP contribution in [0, 0.1) is 0 Å². The summed E-state index contributed by atoms with van der Waals surface area (Å²) in [6.45, 7) is 1.10. The van der Waals surface area contributed by atoms with Crippen molar-refractivity contribution in [2.45, 2.75) is 119 Å². The summed E-state index contributed by atoms with van der Waals surface area (Å²) in [5.41, 5.74) is 0. The molecule has 0 radical (unpaired) electrons. The zero-order valence-corrected chi connectivity index (χ0v) is 24.4. The summed E-state index contributed by atoms with van der Waals surface area (Å²) in [5, 5.41) is 97.2. The Labute approximate surface area is 252 Å². The third-order valence-electron chi connectivity index (χ3n) is 7.50. The Morgan fingerprint density at radius 2 is 1.25 bits per heavy atom. The maximum absolute atomic E-state index is 11.9. The first-order chi connectivity index (χ1) is 20.7. The summed E-state index contributed by atoms with van der Waals surface area (Å²) in [6, 6.07) is -2.71. The molecule has 3 heterocycles. The van der Waals surface area contributed by atoms with Crippen LogP contribution in [0.2, 0.25) is 0 Å². The largest absolute Gasteiger partial charge is 0.394 e. The molecule has 3 fully saturated rings. The minimum Gasteiger partial charge on any atom is -0.394 e. The summed E-state index contributed by atoms with van der Waals surface area (Å²) in [5.74, 6) is -1.24. The van der Waals surface area contributed by atoms with Crippen LogP contribution in [-0.2, 0) is 38.0 Å². The summed E-state index contributed by atoms with van der Waals surface area (Å²) in [6.07, 6.45) is -21.2. The van der Waals surface area contributed by atoms with Crippen molar-refractivity contribution in [2.75, 3.05) is 26.4 Å². The number of amides is 2. The Bertz CT molecular complexity index is 933. The van der Waals surface area contributed by atoms with E-state index in [9.17, 15) is 50.4 Å². The molecule has 256 valence electrons. The second-order valence-electron chi connectivity index (χ2n) is 10.9. The van der Waals surface area contributed by atoms with Crippen LogP contribution in [0.5, 0.6) is 0 Å². The van der Waals surface area contributed by atoms with Crippen molar-refractivity contribution in [1.29, 1.82) is 0 Å². The van der Waals surface area contributed by atoms with E-state index in [4.69, 9.17) is 33.5 Å². The highest BCUT2D eigenvalue weighted by molar-refractivity contribution is 5.73. The summed E-state index contributed by atoms with van der Waals surface area (Å²) in [7, 11) is 0. The van der Waals surface area contributed by atoms with E-state index in [0.29, 0.717) is 0 Å². The van der Waals surface area contributed by atoms with Gasteiger partial charge in [0, 0.05) is 13.8 Å². The molecular formula is C25H44N2O17. The van der Waals surface area contributed by atoms with Crippen molar-refractivity contribution >= 4 is 11.8 Å². The lowest BCUT2D eigenvalue weighted by Gasteiger charge is -2.49. The van der Waals surface area contributed by atoms with Crippen molar-refractivity contribution < 1.29 is 84.0 Å². The van der Waals surface area contributed by atoms with Gasteiger partial charge < -0.3 is 85.0 Å². The highest BCUT2D eigenvalue weighted by atomic mass is 16.7. The molecule has 0 aliphatic carbocycles. The second-order valence-corrected chi connectivity index (χ2v) is 10.9. The normalized spacial score (nSPS) is 43.7. The molecular weight excluding hydrogens is 600 g/mol. The van der Waals surface area contributed by atoms with Crippen molar-refractivity contribution in [1.82, 2.24) is 10.6 Å². The van der Waals surface area contributed by atoms with Crippen LogP contribution < -0.4 is 10.6 Å². The quantitative estimate of drug-likeness (QED) is 0.0940. The van der Waals surface area contributed by atoms with Crippen molar-refractivity contribution in [3.8, 4) is 0 Å². The van der Waals surface area contributed by atoms with Gasteiger partial charge in [0.05, 0.1) is 32.5 Å². The van der Waals surface area contributed by atoms with Gasteiger partial charge in [0.25, 0.3) is 0 Å². The van der Waals surface area contributed by atoms with Gasteiger partial charge in [0.2, 0.25) is 11.8 Å². The number of nitrogens with one attached hydrogen (secondary N) is 2. The molecule has 44 heavy (non-hydrogen) atoms. The lowest BCUT2D eigenvalue weighted by atomic mass is 9.94. The molecule has 2 amide bonds. The zero-order valence-electron chi connectivity index (χ0n) is 24.4. The maximum Gasteiger partial charge on any atom is 0.217 e. The van der Waals surface area contributed by atoms with Crippen molar-refractivity contribution in [3.63, 3.8) is 0 Å². The molecule has 0 aromatic rings. The van der Waals surface area contributed by atoms with Crippen LogP contribution in [0.25, 0.3) is 0 Å². The van der Waals surface area contributed by atoms with E-state index in [1.165, 1.54) is 6.92 Å². The standard InChI is InChI=1S/C25H44N2O17/c1-8-16(34)22(44-24-14(26-9(2)31)18(36)17(35)12(5-29)41-24)20(38)25(40-8)43-21-13(6-30)42-23(39-7-11(33)4-28)15(19(21)37)27-10(3)32/h8,11-25,28-30,33-38H,4-7H2,1-3H3,(H,26,31)(H,27,32)/t8-,11?,12+,13+,14-,15+,16-,17+,18+,19+,20+,21+,22+,23-,24+,25+/m0/s1. The first kappa shape index (κ1) is 36.8. The minimum absolute atomic E-state index is 0.446. The van der Waals surface area contributed by atoms with Crippen LogP contribution in [0.1, 0.15) is 20.8 Å². The number of hydrogen-bond donors (Lipinski definition) is 11. The van der Waals surface area contributed by atoms with Gasteiger partial charge in [0.15, 0.2) is 18.9 Å². The molecule has 16 atom stereocenters. The predicted octanol–water partition coefficient (Wildman–Crippen LogP) is -6.88. The molecule has 19 nitrogen and oxygen atoms in total.